The van der Waals surface area contributed by atoms with Gasteiger partial charge in [0.1, 0.15) is 0 Å². The molecule has 1 heterocycles. The Morgan fingerprint density at radius 3 is 2.00 bits per heavy atom. The third-order valence-corrected chi connectivity index (χ3v) is 5.55. The zero-order valence-electron chi connectivity index (χ0n) is 16.2. The quantitative estimate of drug-likeness (QED) is 0.440. The van der Waals surface area contributed by atoms with E-state index >= 15 is 0 Å². The Morgan fingerprint density at radius 1 is 0.759 bits per heavy atom. The molecule has 3 nitrogen and oxygen atoms in total. The van der Waals surface area contributed by atoms with E-state index in [1.54, 1.807) is 0 Å². The van der Waals surface area contributed by atoms with Gasteiger partial charge in [-0.15, -0.1) is 0 Å². The maximum absolute atomic E-state index is 13.5. The number of piperazine rings is 1. The first-order chi connectivity index (χ1) is 14.2. The molecule has 0 saturated carbocycles. The summed E-state index contributed by atoms with van der Waals surface area (Å²) in [5.74, 6) is 0.0452. The maximum Gasteiger partial charge on any atom is 0.254 e. The highest BCUT2D eigenvalue weighted by Gasteiger charge is 2.24. The molecule has 1 amide bonds. The number of hydrogen-bond donors (Lipinski definition) is 0. The van der Waals surface area contributed by atoms with Crippen molar-refractivity contribution in [3.05, 3.63) is 101 Å². The lowest BCUT2D eigenvalue weighted by molar-refractivity contribution is -0.125. The molecule has 0 atom stereocenters. The summed E-state index contributed by atoms with van der Waals surface area (Å²) in [6.45, 7) is 3.04. The number of halogens is 1. The van der Waals surface area contributed by atoms with Crippen LogP contribution in [0.2, 0.25) is 5.02 Å². The van der Waals surface area contributed by atoms with Crippen LogP contribution in [0.5, 0.6) is 0 Å². The van der Waals surface area contributed by atoms with Gasteiger partial charge in [0.05, 0.1) is 0 Å². The average Bonchev–Trinajstić information content (AvgIpc) is 2.79. The summed E-state index contributed by atoms with van der Waals surface area (Å²) in [5, 5.41) is 0.641. The Bertz CT molecular complexity index is 994. The summed E-state index contributed by atoms with van der Waals surface area (Å²) in [4.78, 5) is 17.7. The minimum atomic E-state index is 0.0452. The van der Waals surface area contributed by atoms with Crippen LogP contribution in [0.15, 0.2) is 84.9 Å². The molecule has 3 aromatic carbocycles. The predicted octanol–water partition coefficient (Wildman–Crippen LogP) is 5.23. The molecule has 4 heteroatoms. The number of carbonyl (C=O) groups excluding carboxylic acids is 1. The molecule has 1 fully saturated rings. The molecular weight excluding hydrogens is 380 g/mol. The lowest BCUT2D eigenvalue weighted by atomic mass is 10.0. The van der Waals surface area contributed by atoms with Crippen LogP contribution >= 0.6 is 11.6 Å². The number of nitrogens with zero attached hydrogens (tertiary/aromatic N) is 2. The third kappa shape index (κ3) is 4.52. The van der Waals surface area contributed by atoms with Crippen molar-refractivity contribution >= 4 is 34.8 Å². The topological polar surface area (TPSA) is 23.6 Å². The summed E-state index contributed by atoms with van der Waals surface area (Å²) in [5.41, 5.74) is 3.63. The highest BCUT2D eigenvalue weighted by molar-refractivity contribution is 6.33. The summed E-state index contributed by atoms with van der Waals surface area (Å²) in [6.07, 6.45) is 1.91. The van der Waals surface area contributed by atoms with E-state index < -0.39 is 0 Å². The normalized spacial score (nSPS) is 14.7. The van der Waals surface area contributed by atoms with Gasteiger partial charge in [0.15, 0.2) is 0 Å². The minimum Gasteiger partial charge on any atom is -0.368 e. The largest absolute Gasteiger partial charge is 0.368 e. The van der Waals surface area contributed by atoms with Crippen LogP contribution in [-0.4, -0.2) is 37.0 Å². The lowest BCUT2D eigenvalue weighted by Gasteiger charge is -2.36. The van der Waals surface area contributed by atoms with Crippen LogP contribution in [-0.2, 0) is 4.79 Å². The van der Waals surface area contributed by atoms with Crippen molar-refractivity contribution in [1.82, 2.24) is 4.90 Å². The van der Waals surface area contributed by atoms with Gasteiger partial charge < -0.3 is 9.80 Å². The van der Waals surface area contributed by atoms with Crippen molar-refractivity contribution in [1.29, 1.82) is 0 Å². The van der Waals surface area contributed by atoms with Crippen LogP contribution < -0.4 is 4.90 Å². The molecule has 1 aliphatic rings. The second-order valence-corrected chi connectivity index (χ2v) is 7.47. The van der Waals surface area contributed by atoms with E-state index in [0.29, 0.717) is 23.7 Å². The van der Waals surface area contributed by atoms with Crippen molar-refractivity contribution in [2.24, 2.45) is 0 Å². The fourth-order valence-corrected chi connectivity index (χ4v) is 3.80. The van der Waals surface area contributed by atoms with Crippen molar-refractivity contribution in [3.8, 4) is 0 Å². The molecule has 0 aliphatic carbocycles. The fourth-order valence-electron chi connectivity index (χ4n) is 3.61. The number of para-hydroxylation sites is 1. The van der Waals surface area contributed by atoms with E-state index in [9.17, 15) is 4.79 Å². The van der Waals surface area contributed by atoms with Crippen LogP contribution in [0.25, 0.3) is 11.6 Å². The molecule has 1 aliphatic heterocycles. The van der Waals surface area contributed by atoms with Gasteiger partial charge in [0.25, 0.3) is 5.91 Å². The Morgan fingerprint density at radius 2 is 1.34 bits per heavy atom. The van der Waals surface area contributed by atoms with Crippen LogP contribution in [0, 0.1) is 0 Å². The van der Waals surface area contributed by atoms with Gasteiger partial charge in [0.2, 0.25) is 0 Å². The molecule has 0 bridgehead atoms. The standard InChI is InChI=1S/C25H23ClN2O/c26-24-14-8-7-11-21(24)19-23(20-9-3-1-4-10-20)25(29)28-17-15-27(16-18-28)22-12-5-2-6-13-22/h1-14,19H,15-18H2/b23-19+. The Hall–Kier alpha value is -3.04. The van der Waals surface area contributed by atoms with Gasteiger partial charge in [0, 0.05) is 42.5 Å². The molecule has 1 saturated heterocycles. The van der Waals surface area contributed by atoms with Gasteiger partial charge in [-0.1, -0.05) is 78.3 Å². The van der Waals surface area contributed by atoms with E-state index in [4.69, 9.17) is 11.6 Å². The third-order valence-electron chi connectivity index (χ3n) is 5.21. The van der Waals surface area contributed by atoms with Crippen LogP contribution in [0.3, 0.4) is 0 Å². The first-order valence-electron chi connectivity index (χ1n) is 9.83. The van der Waals surface area contributed by atoms with Gasteiger partial charge >= 0.3 is 0 Å². The number of carbonyl (C=O) groups is 1. The molecule has 0 N–H and O–H groups in total. The monoisotopic (exact) mass is 402 g/mol. The van der Waals surface area contributed by atoms with Gasteiger partial charge in [-0.25, -0.2) is 0 Å². The summed E-state index contributed by atoms with van der Waals surface area (Å²) in [7, 11) is 0. The number of anilines is 1. The smallest absolute Gasteiger partial charge is 0.254 e. The molecule has 0 aromatic heterocycles. The molecule has 0 unspecified atom stereocenters. The molecule has 0 spiro atoms. The second kappa shape index (κ2) is 8.97. The van der Waals surface area contributed by atoms with Crippen molar-refractivity contribution in [3.63, 3.8) is 0 Å². The fraction of sp³-hybridized carbons (Fsp3) is 0.160. The van der Waals surface area contributed by atoms with E-state index in [-0.39, 0.29) is 5.91 Å². The number of benzene rings is 3. The Kier molecular flexibility index (Phi) is 5.97. The summed E-state index contributed by atoms with van der Waals surface area (Å²) >= 11 is 6.36. The van der Waals surface area contributed by atoms with Crippen molar-refractivity contribution in [2.75, 3.05) is 31.1 Å². The van der Waals surface area contributed by atoms with Crippen molar-refractivity contribution < 1.29 is 4.79 Å². The molecule has 4 rings (SSSR count). The van der Waals surface area contributed by atoms with E-state index in [1.165, 1.54) is 5.69 Å². The van der Waals surface area contributed by atoms with Crippen LogP contribution in [0.4, 0.5) is 5.69 Å². The second-order valence-electron chi connectivity index (χ2n) is 7.06. The lowest BCUT2D eigenvalue weighted by Crippen LogP contribution is -2.49. The maximum atomic E-state index is 13.5. The first kappa shape index (κ1) is 19.3. The van der Waals surface area contributed by atoms with E-state index in [1.807, 2.05) is 83.8 Å². The van der Waals surface area contributed by atoms with E-state index in [0.717, 1.165) is 24.2 Å². The summed E-state index contributed by atoms with van der Waals surface area (Å²) < 4.78 is 0. The molecular formula is C25H23ClN2O. The molecule has 3 aromatic rings. The molecule has 146 valence electrons. The molecule has 0 radical (unpaired) electrons. The van der Waals surface area contributed by atoms with Gasteiger partial charge in [-0.05, 0) is 35.4 Å². The zero-order valence-corrected chi connectivity index (χ0v) is 16.9. The highest BCUT2D eigenvalue weighted by Crippen LogP contribution is 2.26. The SMILES string of the molecule is O=C(/C(=C/c1ccccc1Cl)c1ccccc1)N1CCN(c2ccccc2)CC1. The zero-order chi connectivity index (χ0) is 20.1. The predicted molar refractivity (Wildman–Crippen MR) is 121 cm³/mol. The Balaban J connectivity index is 1.57. The van der Waals surface area contributed by atoms with Gasteiger partial charge in [-0.3, -0.25) is 4.79 Å². The van der Waals surface area contributed by atoms with Gasteiger partial charge in [-0.2, -0.15) is 0 Å². The average molecular weight is 403 g/mol. The highest BCUT2D eigenvalue weighted by atomic mass is 35.5. The van der Waals surface area contributed by atoms with Crippen molar-refractivity contribution in [2.45, 2.75) is 0 Å². The number of hydrogen-bond acceptors (Lipinski definition) is 2. The van der Waals surface area contributed by atoms with Crippen LogP contribution in [0.1, 0.15) is 11.1 Å². The number of amides is 1. The Labute approximate surface area is 176 Å². The summed E-state index contributed by atoms with van der Waals surface area (Å²) in [6, 6.07) is 27.8. The minimum absolute atomic E-state index is 0.0452. The van der Waals surface area contributed by atoms with E-state index in [2.05, 4.69) is 17.0 Å². The molecule has 29 heavy (non-hydrogen) atoms. The number of rotatable bonds is 4. The first-order valence-corrected chi connectivity index (χ1v) is 10.2.